The first-order chi connectivity index (χ1) is 14.1. The Morgan fingerprint density at radius 2 is 2.00 bits per heavy atom. The predicted octanol–water partition coefficient (Wildman–Crippen LogP) is 2.05. The van der Waals surface area contributed by atoms with Gasteiger partial charge in [-0.15, -0.1) is 0 Å². The number of hydrogen-bond donors (Lipinski definition) is 1. The number of nitrogens with zero attached hydrogens (tertiary/aromatic N) is 3. The molecule has 4 rings (SSSR count). The molecule has 0 saturated carbocycles. The highest BCUT2D eigenvalue weighted by Gasteiger charge is 2.39. The van der Waals surface area contributed by atoms with Crippen LogP contribution in [0.1, 0.15) is 43.3 Å². The molecule has 1 aromatic carbocycles. The molecular weight excluding hydrogens is 414 g/mol. The van der Waals surface area contributed by atoms with Crippen LogP contribution in [0.2, 0.25) is 0 Å². The number of benzene rings is 1. The van der Waals surface area contributed by atoms with Gasteiger partial charge in [-0.2, -0.15) is 0 Å². The number of ether oxygens (including phenoxy) is 1. The molecule has 0 amide bonds. The third kappa shape index (κ3) is 3.55. The second-order valence-electron chi connectivity index (χ2n) is 8.32. The molecule has 10 heteroatoms. The first-order valence-electron chi connectivity index (χ1n) is 9.94. The second-order valence-corrected chi connectivity index (χ2v) is 10.7. The standard InChI is InChI=1S/C20H26F2N4O3S/c1-11(2)30(27,28)20-24-17-8-26(9-18(17)25(20)3)13-7-16(23)19(29-10-13)14-6-12(21)4-5-15(14)22/h4-6,11,13,16,19H,7-10,23H2,1-3H3/t13-,16+,19-/m1/s1. The highest BCUT2D eigenvalue weighted by molar-refractivity contribution is 7.91. The lowest BCUT2D eigenvalue weighted by Crippen LogP contribution is -2.48. The number of fused-ring (bicyclic) bond motifs is 1. The number of nitrogens with two attached hydrogens (primary N) is 1. The molecule has 2 aliphatic heterocycles. The average molecular weight is 441 g/mol. The Kier molecular flexibility index (Phi) is 5.46. The van der Waals surface area contributed by atoms with E-state index in [4.69, 9.17) is 10.5 Å². The molecule has 0 spiro atoms. The molecule has 2 aromatic rings. The summed E-state index contributed by atoms with van der Waals surface area (Å²) in [6.07, 6.45) is -0.158. The van der Waals surface area contributed by atoms with Gasteiger partial charge in [0, 0.05) is 37.8 Å². The summed E-state index contributed by atoms with van der Waals surface area (Å²) in [5, 5.41) is -0.444. The van der Waals surface area contributed by atoms with Crippen LogP contribution in [-0.4, -0.2) is 46.8 Å². The average Bonchev–Trinajstić information content (AvgIpc) is 3.23. The molecule has 2 aliphatic rings. The van der Waals surface area contributed by atoms with Gasteiger partial charge in [0.1, 0.15) is 17.7 Å². The predicted molar refractivity (Wildman–Crippen MR) is 106 cm³/mol. The van der Waals surface area contributed by atoms with Crippen molar-refractivity contribution in [3.8, 4) is 0 Å². The van der Waals surface area contributed by atoms with Crippen LogP contribution in [0.4, 0.5) is 8.78 Å². The lowest BCUT2D eigenvalue weighted by molar-refractivity contribution is -0.0535. The van der Waals surface area contributed by atoms with E-state index in [0.29, 0.717) is 26.1 Å². The highest BCUT2D eigenvalue weighted by atomic mass is 32.2. The molecule has 3 heterocycles. The van der Waals surface area contributed by atoms with Crippen LogP contribution in [0, 0.1) is 11.6 Å². The number of halogens is 2. The maximum absolute atomic E-state index is 14.1. The van der Waals surface area contributed by atoms with Gasteiger partial charge in [0.15, 0.2) is 0 Å². The van der Waals surface area contributed by atoms with Crippen LogP contribution in [0.25, 0.3) is 0 Å². The topological polar surface area (TPSA) is 90.5 Å². The largest absolute Gasteiger partial charge is 0.370 e. The third-order valence-electron chi connectivity index (χ3n) is 6.02. The zero-order valence-electron chi connectivity index (χ0n) is 17.2. The highest BCUT2D eigenvalue weighted by Crippen LogP contribution is 2.34. The van der Waals surface area contributed by atoms with Crippen LogP contribution in [0.5, 0.6) is 0 Å². The molecule has 0 radical (unpaired) electrons. The summed E-state index contributed by atoms with van der Waals surface area (Å²) < 4.78 is 60.2. The summed E-state index contributed by atoms with van der Waals surface area (Å²) in [4.78, 5) is 6.54. The van der Waals surface area contributed by atoms with Gasteiger partial charge in [-0.25, -0.2) is 22.2 Å². The van der Waals surface area contributed by atoms with Crippen molar-refractivity contribution in [3.05, 3.63) is 46.8 Å². The summed E-state index contributed by atoms with van der Waals surface area (Å²) in [5.74, 6) is -1.07. The molecule has 0 unspecified atom stereocenters. The number of sulfone groups is 1. The van der Waals surface area contributed by atoms with Gasteiger partial charge in [-0.1, -0.05) is 0 Å². The summed E-state index contributed by atoms with van der Waals surface area (Å²) in [7, 11) is -1.74. The molecule has 30 heavy (non-hydrogen) atoms. The van der Waals surface area contributed by atoms with E-state index in [2.05, 4.69) is 9.88 Å². The van der Waals surface area contributed by atoms with Crippen LogP contribution in [0.15, 0.2) is 23.4 Å². The van der Waals surface area contributed by atoms with Crippen molar-refractivity contribution < 1.29 is 21.9 Å². The fraction of sp³-hybridized carbons (Fsp3) is 0.550. The van der Waals surface area contributed by atoms with E-state index in [1.165, 1.54) is 0 Å². The Balaban J connectivity index is 1.47. The van der Waals surface area contributed by atoms with E-state index in [1.807, 2.05) is 0 Å². The number of aromatic nitrogens is 2. The first-order valence-corrected chi connectivity index (χ1v) is 11.5. The van der Waals surface area contributed by atoms with Gasteiger partial charge >= 0.3 is 0 Å². The van der Waals surface area contributed by atoms with Crippen molar-refractivity contribution in [2.45, 2.75) is 62.0 Å². The summed E-state index contributed by atoms with van der Waals surface area (Å²) in [5.41, 5.74) is 8.01. The molecule has 0 aliphatic carbocycles. The molecule has 1 saturated heterocycles. The monoisotopic (exact) mass is 440 g/mol. The van der Waals surface area contributed by atoms with Crippen LogP contribution < -0.4 is 5.73 Å². The number of imidazole rings is 1. The van der Waals surface area contributed by atoms with Gasteiger partial charge < -0.3 is 15.0 Å². The van der Waals surface area contributed by atoms with Crippen LogP contribution >= 0.6 is 0 Å². The summed E-state index contributed by atoms with van der Waals surface area (Å²) in [6, 6.07) is 2.77. The van der Waals surface area contributed by atoms with Gasteiger partial charge in [0.25, 0.3) is 0 Å². The van der Waals surface area contributed by atoms with Crippen molar-refractivity contribution in [1.29, 1.82) is 0 Å². The lowest BCUT2D eigenvalue weighted by atomic mass is 9.93. The van der Waals surface area contributed by atoms with Crippen molar-refractivity contribution in [3.63, 3.8) is 0 Å². The smallest absolute Gasteiger partial charge is 0.228 e. The Hall–Kier alpha value is -1.88. The molecule has 7 nitrogen and oxygen atoms in total. The SMILES string of the molecule is CC(C)S(=O)(=O)c1nc2c(n1C)CN([C@H]1CO[C@H](c3cc(F)ccc3F)[C@@H](N)C1)C2. The van der Waals surface area contributed by atoms with Gasteiger partial charge in [-0.05, 0) is 38.5 Å². The van der Waals surface area contributed by atoms with Crippen molar-refractivity contribution in [2.24, 2.45) is 12.8 Å². The lowest BCUT2D eigenvalue weighted by Gasteiger charge is -2.38. The van der Waals surface area contributed by atoms with Gasteiger partial charge in [0.05, 0.1) is 23.2 Å². The van der Waals surface area contributed by atoms with Crippen molar-refractivity contribution >= 4 is 9.84 Å². The van der Waals surface area contributed by atoms with Gasteiger partial charge in [0.2, 0.25) is 15.0 Å². The molecular formula is C20H26F2N4O3S. The third-order valence-corrected chi connectivity index (χ3v) is 8.13. The Labute approximate surface area is 174 Å². The Bertz CT molecular complexity index is 1070. The minimum absolute atomic E-state index is 0.0211. The summed E-state index contributed by atoms with van der Waals surface area (Å²) in [6.45, 7) is 4.63. The number of rotatable bonds is 4. The maximum atomic E-state index is 14.1. The minimum atomic E-state index is -3.46. The minimum Gasteiger partial charge on any atom is -0.370 e. The van der Waals surface area contributed by atoms with Crippen LogP contribution in [0.3, 0.4) is 0 Å². The number of hydrogen-bond acceptors (Lipinski definition) is 6. The molecule has 1 aromatic heterocycles. The molecule has 0 bridgehead atoms. The van der Waals surface area contributed by atoms with Gasteiger partial charge in [-0.3, -0.25) is 4.90 Å². The van der Waals surface area contributed by atoms with E-state index in [0.717, 1.165) is 29.6 Å². The van der Waals surface area contributed by atoms with Crippen molar-refractivity contribution in [1.82, 2.24) is 14.5 Å². The second kappa shape index (κ2) is 7.67. The van der Waals surface area contributed by atoms with E-state index in [9.17, 15) is 17.2 Å². The zero-order valence-corrected chi connectivity index (χ0v) is 18.0. The van der Waals surface area contributed by atoms with E-state index < -0.39 is 38.9 Å². The molecule has 3 atom stereocenters. The Morgan fingerprint density at radius 1 is 1.27 bits per heavy atom. The van der Waals surface area contributed by atoms with Crippen molar-refractivity contribution in [2.75, 3.05) is 6.61 Å². The van der Waals surface area contributed by atoms with E-state index >= 15 is 0 Å². The molecule has 1 fully saturated rings. The van der Waals surface area contributed by atoms with E-state index in [1.54, 1.807) is 25.5 Å². The quantitative estimate of drug-likeness (QED) is 0.783. The fourth-order valence-corrected chi connectivity index (χ4v) is 5.35. The maximum Gasteiger partial charge on any atom is 0.228 e. The molecule has 2 N–H and O–H groups in total. The first kappa shape index (κ1) is 21.4. The Morgan fingerprint density at radius 3 is 2.63 bits per heavy atom. The fourth-order valence-electron chi connectivity index (χ4n) is 4.20. The zero-order chi connectivity index (χ0) is 21.8. The van der Waals surface area contributed by atoms with Crippen LogP contribution in [-0.2, 0) is 34.7 Å². The normalized spacial score (nSPS) is 25.1. The van der Waals surface area contributed by atoms with E-state index in [-0.39, 0.29) is 16.8 Å². The molecule has 164 valence electrons. The summed E-state index contributed by atoms with van der Waals surface area (Å²) >= 11 is 0.